The van der Waals surface area contributed by atoms with Crippen LogP contribution in [-0.2, 0) is 43.0 Å². The van der Waals surface area contributed by atoms with E-state index in [1.54, 1.807) is 12.3 Å². The normalized spacial score (nSPS) is 21.5. The second kappa shape index (κ2) is 27.6. The molecule has 2 unspecified atom stereocenters. The van der Waals surface area contributed by atoms with Gasteiger partial charge in [0.15, 0.2) is 10.8 Å². The maximum Gasteiger partial charge on any atom is 0.355 e. The second-order valence-corrected chi connectivity index (χ2v) is 39.1. The molecule has 24 heteroatoms. The van der Waals surface area contributed by atoms with Crippen molar-refractivity contribution in [3.63, 3.8) is 0 Å². The van der Waals surface area contributed by atoms with Gasteiger partial charge >= 0.3 is 5.97 Å². The molecule has 1 aliphatic heterocycles. The Hall–Kier alpha value is -6.13. The number of benzene rings is 4. The molecule has 5 aliphatic rings. The summed E-state index contributed by atoms with van der Waals surface area (Å²) in [5.41, 5.74) is 3.90. The highest BCUT2D eigenvalue weighted by atomic mass is 32.3. The lowest BCUT2D eigenvalue weighted by Gasteiger charge is -2.69. The number of thiazole rings is 1. The molecule has 6 N–H and O–H groups in total. The molecule has 4 aliphatic carbocycles. The van der Waals surface area contributed by atoms with E-state index in [1.165, 1.54) is 21.7 Å². The van der Waals surface area contributed by atoms with Gasteiger partial charge in [0.1, 0.15) is 18.2 Å². The number of fused-ring (bicyclic) bond motifs is 2. The van der Waals surface area contributed by atoms with Crippen molar-refractivity contribution < 1.29 is 54.9 Å². The van der Waals surface area contributed by atoms with E-state index in [0.29, 0.717) is 91.2 Å². The molecular weight excluding hydrogens is 1280 g/mol. The number of rotatable bonds is 30. The minimum absolute atomic E-state index is 0.0412. The van der Waals surface area contributed by atoms with Gasteiger partial charge in [0, 0.05) is 86.1 Å². The fourth-order valence-electron chi connectivity index (χ4n) is 16.7. The van der Waals surface area contributed by atoms with Gasteiger partial charge in [-0.3, -0.25) is 19.3 Å². The molecule has 3 aromatic heterocycles. The van der Waals surface area contributed by atoms with Crippen LogP contribution < -0.4 is 30.6 Å². The molecule has 0 spiro atoms. The minimum atomic E-state index is -4.07. The lowest BCUT2D eigenvalue weighted by atomic mass is 9.39. The molecule has 4 fully saturated rings. The van der Waals surface area contributed by atoms with Crippen LogP contribution in [0.2, 0.25) is 5.04 Å². The Labute approximate surface area is 566 Å². The lowest BCUT2D eigenvalue weighted by molar-refractivity contribution is -0.248. The monoisotopic (exact) mass is 1380 g/mol. The first-order valence-electron chi connectivity index (χ1n) is 33.2. The maximum atomic E-state index is 14.4. The van der Waals surface area contributed by atoms with Gasteiger partial charge in [-0.1, -0.05) is 143 Å². The molecule has 7 aromatic rings. The number of pyridine rings is 1. The number of nitrogens with one attached hydrogen (secondary N) is 2. The third-order valence-electron chi connectivity index (χ3n) is 20.1. The Bertz CT molecular complexity index is 3920. The molecule has 2 atom stereocenters. The molecule has 1 amide bonds. The number of aromatic nitrogens is 4. The molecule has 514 valence electrons. The maximum absolute atomic E-state index is 14.4. The Morgan fingerprint density at radius 1 is 0.800 bits per heavy atom. The van der Waals surface area contributed by atoms with Crippen molar-refractivity contribution in [3.05, 3.63) is 143 Å². The summed E-state index contributed by atoms with van der Waals surface area (Å²) in [4.78, 5) is 41.1. The van der Waals surface area contributed by atoms with Gasteiger partial charge in [0.2, 0.25) is 0 Å². The lowest BCUT2D eigenvalue weighted by Crippen LogP contribution is -2.66. The summed E-state index contributed by atoms with van der Waals surface area (Å²) in [7, 11) is -9.04. The summed E-state index contributed by atoms with van der Waals surface area (Å²) in [5, 5.41) is 24.9. The molecule has 0 saturated heterocycles. The van der Waals surface area contributed by atoms with Gasteiger partial charge in [-0.05, 0) is 144 Å². The van der Waals surface area contributed by atoms with Crippen LogP contribution in [0.3, 0.4) is 0 Å². The first-order valence-corrected chi connectivity index (χ1v) is 39.5. The summed E-state index contributed by atoms with van der Waals surface area (Å²) in [6.45, 7) is 21.7. The number of aromatic carboxylic acids is 1. The van der Waals surface area contributed by atoms with E-state index in [1.807, 2.05) is 83.1 Å². The summed E-state index contributed by atoms with van der Waals surface area (Å²) in [6.07, 6.45) is 8.78. The number of hydrogen-bond donors (Lipinski definition) is 6. The van der Waals surface area contributed by atoms with Crippen LogP contribution in [0.4, 0.5) is 10.9 Å². The van der Waals surface area contributed by atoms with Gasteiger partial charge in [-0.15, -0.1) is 0 Å². The first kappa shape index (κ1) is 70.2. The van der Waals surface area contributed by atoms with Crippen LogP contribution in [0.15, 0.2) is 115 Å². The van der Waals surface area contributed by atoms with Crippen LogP contribution in [0, 0.1) is 28.6 Å². The molecule has 12 rings (SSSR count). The predicted molar refractivity (Wildman–Crippen MR) is 382 cm³/mol. The number of anilines is 2. The highest BCUT2D eigenvalue weighted by Crippen LogP contribution is 2.72. The average Bonchev–Trinajstić information content (AvgIpc) is 1.03. The summed E-state index contributed by atoms with van der Waals surface area (Å²) in [5.74, 6) is -0.757. The van der Waals surface area contributed by atoms with Gasteiger partial charge in [0.05, 0.1) is 41.0 Å². The van der Waals surface area contributed by atoms with Gasteiger partial charge in [-0.25, -0.2) is 14.8 Å². The predicted octanol–water partition coefficient (Wildman–Crippen LogP) is 11.4. The molecule has 4 saturated carbocycles. The molecule has 20 nitrogen and oxygen atoms in total. The van der Waals surface area contributed by atoms with E-state index < -0.39 is 40.7 Å². The molecule has 4 heterocycles. The average molecular weight is 1380 g/mol. The van der Waals surface area contributed by atoms with Crippen molar-refractivity contribution in [1.29, 1.82) is 0 Å². The molecular formula is C71H96N8O12S3Si. The number of carbonyl (C=O) groups is 2. The number of carboxylic acids is 1. The number of carboxylic acid groups (broad SMARTS) is 1. The van der Waals surface area contributed by atoms with Gasteiger partial charge < -0.3 is 47.4 Å². The van der Waals surface area contributed by atoms with Crippen molar-refractivity contribution in [2.45, 2.75) is 130 Å². The van der Waals surface area contributed by atoms with E-state index in [0.717, 1.165) is 60.0 Å². The van der Waals surface area contributed by atoms with E-state index in [-0.39, 0.29) is 82.8 Å². The zero-order valence-corrected chi connectivity index (χ0v) is 60.0. The number of para-hydroxylation sites is 1. The van der Waals surface area contributed by atoms with Crippen molar-refractivity contribution >= 4 is 84.1 Å². The third kappa shape index (κ3) is 16.1. The van der Waals surface area contributed by atoms with Crippen LogP contribution in [-0.4, -0.2) is 155 Å². The molecule has 4 bridgehead atoms. The standard InChI is InChI=1S/C71H96N8O12S3Si/c1-50-56(40-73-79(50)48-70-43-68(7)42-69(8,44-70)46-71(45-68,47-70)89-37-33-77(9)34-39-93(83,84)85)54-25-27-61(75-62(54)64(81)82)78-32-28-53-57(41-78)55(63(80)76-65-74-58-22-16-17-23-60(58)92-65)24-26-59(53)88-36-30-72-31-38-94(86,87)90-49-67(5,6)29-35-91-95(66(2,3)4,51-18-12-10-13-19-51)52-20-14-11-15-21-52/h10-27,40,72,86-87H,28-39,41-49,94H2,1-9H3,(H,81,82)(H,74,76,80)(H,83,84,85). The van der Waals surface area contributed by atoms with E-state index in [9.17, 15) is 36.8 Å². The molecule has 4 aromatic carbocycles. The number of ether oxygens (including phenoxy) is 2. The van der Waals surface area contributed by atoms with Crippen LogP contribution in [0.5, 0.6) is 5.75 Å². The number of amides is 1. The fraction of sp³-hybridized carbons (Fsp3) is 0.507. The number of hydrogen-bond acceptors (Lipinski definition) is 17. The Balaban J connectivity index is 0.736. The molecule has 95 heavy (non-hydrogen) atoms. The molecule has 0 radical (unpaired) electrons. The zero-order chi connectivity index (χ0) is 67.8. The fourth-order valence-corrected chi connectivity index (χ4v) is 24.0. The van der Waals surface area contributed by atoms with E-state index in [2.05, 4.69) is 113 Å². The summed E-state index contributed by atoms with van der Waals surface area (Å²) in [6, 6.07) is 36.0. The minimum Gasteiger partial charge on any atom is -0.492 e. The number of nitrogens with zero attached hydrogens (tertiary/aromatic N) is 6. The van der Waals surface area contributed by atoms with Crippen molar-refractivity contribution in [2.24, 2.45) is 21.7 Å². The van der Waals surface area contributed by atoms with E-state index in [4.69, 9.17) is 28.2 Å². The Morgan fingerprint density at radius 3 is 2.15 bits per heavy atom. The van der Waals surface area contributed by atoms with Crippen LogP contribution in [0.1, 0.15) is 131 Å². The van der Waals surface area contributed by atoms with Gasteiger partial charge in [-0.2, -0.15) is 13.5 Å². The summed E-state index contributed by atoms with van der Waals surface area (Å²) < 4.78 is 83.9. The quantitative estimate of drug-likeness (QED) is 0.0139. The van der Waals surface area contributed by atoms with Crippen LogP contribution >= 0.6 is 22.2 Å². The first-order chi connectivity index (χ1) is 44.9. The highest BCUT2D eigenvalue weighted by molar-refractivity contribution is 8.20. The van der Waals surface area contributed by atoms with E-state index >= 15 is 0 Å². The second-order valence-electron chi connectivity index (χ2n) is 30.0. The van der Waals surface area contributed by atoms with Crippen LogP contribution in [0.25, 0.3) is 21.3 Å². The van der Waals surface area contributed by atoms with Crippen molar-refractivity contribution in [2.75, 3.05) is 87.9 Å². The zero-order valence-electron chi connectivity index (χ0n) is 56.4. The number of likely N-dealkylation sites (N-methyl/N-ethyl adjacent to an activating group) is 1. The Morgan fingerprint density at radius 2 is 1.48 bits per heavy atom. The SMILES string of the molecule is Cc1c(-c2ccc(N3CCc4c(OCCNCC[SH2](O)(O)OCC(C)(C)CCO[Si](c5ccccc5)(c5ccccc5)C(C)(C)C)ccc(C(=O)Nc5nc6ccccc6s5)c4C3)nc2C(=O)O)cnn1CC12CC3(C)CC(C)(C1)CC(OCCN(C)CCS(=O)(=O)O)(C3)C2. The largest absolute Gasteiger partial charge is 0.492 e. The topological polar surface area (TPSA) is 260 Å². The third-order valence-corrected chi connectivity index (χ3v) is 28.3. The van der Waals surface area contributed by atoms with Crippen molar-refractivity contribution in [1.82, 2.24) is 30.0 Å². The number of carbonyl (C=O) groups excluding carboxylic acids is 1. The smallest absolute Gasteiger partial charge is 0.355 e. The highest BCUT2D eigenvalue weighted by Gasteiger charge is 2.66. The Kier molecular flexibility index (Phi) is 20.4. The van der Waals surface area contributed by atoms with Crippen molar-refractivity contribution in [3.8, 4) is 16.9 Å². The summed E-state index contributed by atoms with van der Waals surface area (Å²) >= 11 is 1.39. The van der Waals surface area contributed by atoms with Gasteiger partial charge in [0.25, 0.3) is 24.3 Å².